The van der Waals surface area contributed by atoms with Crippen LogP contribution in [0.25, 0.3) is 0 Å². The quantitative estimate of drug-likeness (QED) is 0.615. The molecule has 0 N–H and O–H groups in total. The molecule has 0 radical (unpaired) electrons. The van der Waals surface area contributed by atoms with E-state index in [4.69, 9.17) is 16.3 Å². The van der Waals surface area contributed by atoms with Gasteiger partial charge in [-0.05, 0) is 29.2 Å². The summed E-state index contributed by atoms with van der Waals surface area (Å²) in [4.78, 5) is 9.96. The lowest BCUT2D eigenvalue weighted by molar-refractivity contribution is -0.389. The highest BCUT2D eigenvalue weighted by molar-refractivity contribution is 9.10. The monoisotopic (exact) mass is 345 g/mol. The van der Waals surface area contributed by atoms with Crippen LogP contribution >= 0.6 is 27.5 Å². The van der Waals surface area contributed by atoms with Crippen LogP contribution in [0.3, 0.4) is 0 Å². The molecule has 1 aromatic heterocycles. The maximum absolute atomic E-state index is 10.6. The lowest BCUT2D eigenvalue weighted by atomic mass is 10.3. The Morgan fingerprint density at radius 2 is 2.11 bits per heavy atom. The summed E-state index contributed by atoms with van der Waals surface area (Å²) in [6, 6.07) is 7.38. The van der Waals surface area contributed by atoms with Crippen LogP contribution in [-0.4, -0.2) is 21.3 Å². The number of hydrogen-bond donors (Lipinski definition) is 0. The molecule has 100 valence electrons. The van der Waals surface area contributed by atoms with Crippen LogP contribution in [0.5, 0.6) is 5.75 Å². The third-order valence-electron chi connectivity index (χ3n) is 2.27. The van der Waals surface area contributed by atoms with Gasteiger partial charge in [0, 0.05) is 4.47 Å². The Morgan fingerprint density at radius 3 is 2.68 bits per heavy atom. The Balaban J connectivity index is 1.90. The molecule has 2 aromatic rings. The van der Waals surface area contributed by atoms with Crippen molar-refractivity contribution in [3.63, 3.8) is 0 Å². The summed E-state index contributed by atoms with van der Waals surface area (Å²) >= 11 is 9.01. The molecule has 1 aromatic carbocycles. The van der Waals surface area contributed by atoms with Crippen molar-refractivity contribution in [1.29, 1.82) is 0 Å². The van der Waals surface area contributed by atoms with Crippen LogP contribution in [-0.2, 0) is 6.54 Å². The topological polar surface area (TPSA) is 70.2 Å². The fourth-order valence-corrected chi connectivity index (χ4v) is 1.90. The molecule has 2 rings (SSSR count). The van der Waals surface area contributed by atoms with Gasteiger partial charge in [0.2, 0.25) is 0 Å². The Labute approximate surface area is 122 Å². The summed E-state index contributed by atoms with van der Waals surface area (Å²) in [5.41, 5.74) is 0. The Kier molecular flexibility index (Phi) is 4.39. The number of rotatable bonds is 5. The van der Waals surface area contributed by atoms with Gasteiger partial charge in [0.05, 0.1) is 17.8 Å². The first-order chi connectivity index (χ1) is 9.06. The van der Waals surface area contributed by atoms with E-state index in [-0.39, 0.29) is 10.8 Å². The second-order valence-corrected chi connectivity index (χ2v) is 4.95. The highest BCUT2D eigenvalue weighted by Gasteiger charge is 2.18. The van der Waals surface area contributed by atoms with Gasteiger partial charge in [0.15, 0.2) is 5.02 Å². The van der Waals surface area contributed by atoms with E-state index in [0.29, 0.717) is 13.2 Å². The van der Waals surface area contributed by atoms with Crippen molar-refractivity contribution in [3.05, 3.63) is 50.1 Å². The maximum atomic E-state index is 10.6. The minimum absolute atomic E-state index is 0.0219. The predicted octanol–water partition coefficient (Wildman–Crippen LogP) is 3.29. The SMILES string of the molecule is O=[N+]([O-])c1nn(CCOc2ccc(Br)cc2)cc1Cl. The number of nitrogens with zero attached hydrogens (tertiary/aromatic N) is 3. The van der Waals surface area contributed by atoms with Gasteiger partial charge in [0.1, 0.15) is 12.4 Å². The number of ether oxygens (including phenoxy) is 1. The molecule has 8 heteroatoms. The second-order valence-electron chi connectivity index (χ2n) is 3.62. The fourth-order valence-electron chi connectivity index (χ4n) is 1.41. The molecule has 0 aliphatic rings. The number of aromatic nitrogens is 2. The van der Waals surface area contributed by atoms with Crippen molar-refractivity contribution in [3.8, 4) is 5.75 Å². The fraction of sp³-hybridized carbons (Fsp3) is 0.182. The van der Waals surface area contributed by atoms with Crippen molar-refractivity contribution in [2.75, 3.05) is 6.61 Å². The molecule has 0 bridgehead atoms. The van der Waals surface area contributed by atoms with E-state index in [9.17, 15) is 10.1 Å². The molecule has 19 heavy (non-hydrogen) atoms. The van der Waals surface area contributed by atoms with E-state index >= 15 is 0 Å². The second kappa shape index (κ2) is 6.03. The largest absolute Gasteiger partial charge is 0.492 e. The van der Waals surface area contributed by atoms with Crippen molar-refractivity contribution in [2.45, 2.75) is 6.54 Å². The van der Waals surface area contributed by atoms with E-state index < -0.39 is 4.92 Å². The molecule has 0 unspecified atom stereocenters. The number of halogens is 2. The molecular weight excluding hydrogens is 337 g/mol. The molecule has 6 nitrogen and oxygen atoms in total. The number of nitro groups is 1. The Bertz CT molecular complexity index is 585. The van der Waals surface area contributed by atoms with Crippen LogP contribution in [0.1, 0.15) is 0 Å². The molecule has 0 spiro atoms. The normalized spacial score (nSPS) is 10.4. The van der Waals surface area contributed by atoms with Gasteiger partial charge in [-0.25, -0.2) is 0 Å². The summed E-state index contributed by atoms with van der Waals surface area (Å²) < 4.78 is 7.84. The van der Waals surface area contributed by atoms with Gasteiger partial charge < -0.3 is 14.9 Å². The van der Waals surface area contributed by atoms with E-state index in [1.54, 1.807) is 0 Å². The molecule has 0 saturated carbocycles. The average Bonchev–Trinajstić information content (AvgIpc) is 2.73. The zero-order valence-corrected chi connectivity index (χ0v) is 12.0. The van der Waals surface area contributed by atoms with E-state index in [1.807, 2.05) is 24.3 Å². The van der Waals surface area contributed by atoms with Crippen LogP contribution in [0.4, 0.5) is 5.82 Å². The van der Waals surface area contributed by atoms with Gasteiger partial charge in [-0.1, -0.05) is 27.5 Å². The van der Waals surface area contributed by atoms with Crippen molar-refractivity contribution in [2.24, 2.45) is 0 Å². The summed E-state index contributed by atoms with van der Waals surface area (Å²) in [5.74, 6) is 0.376. The predicted molar refractivity (Wildman–Crippen MR) is 73.5 cm³/mol. The minimum atomic E-state index is -0.617. The highest BCUT2D eigenvalue weighted by Crippen LogP contribution is 2.21. The third kappa shape index (κ3) is 3.68. The molecule has 0 aliphatic heterocycles. The van der Waals surface area contributed by atoms with Crippen LogP contribution in [0.2, 0.25) is 5.02 Å². The summed E-state index contributed by atoms with van der Waals surface area (Å²) in [7, 11) is 0. The zero-order chi connectivity index (χ0) is 13.8. The van der Waals surface area contributed by atoms with Crippen molar-refractivity contribution in [1.82, 2.24) is 9.78 Å². The first-order valence-corrected chi connectivity index (χ1v) is 6.49. The first-order valence-electron chi connectivity index (χ1n) is 5.32. The summed E-state index contributed by atoms with van der Waals surface area (Å²) in [6.45, 7) is 0.723. The number of benzene rings is 1. The molecule has 0 atom stereocenters. The van der Waals surface area contributed by atoms with Gasteiger partial charge in [0.25, 0.3) is 0 Å². The molecule has 0 aliphatic carbocycles. The van der Waals surface area contributed by atoms with Crippen molar-refractivity contribution < 1.29 is 9.66 Å². The van der Waals surface area contributed by atoms with Crippen LogP contribution in [0, 0.1) is 10.1 Å². The van der Waals surface area contributed by atoms with Gasteiger partial charge >= 0.3 is 5.82 Å². The van der Waals surface area contributed by atoms with Gasteiger partial charge in [-0.3, -0.25) is 0 Å². The molecule has 0 saturated heterocycles. The summed E-state index contributed by atoms with van der Waals surface area (Å²) in [6.07, 6.45) is 1.41. The smallest absolute Gasteiger partial charge is 0.408 e. The highest BCUT2D eigenvalue weighted by atomic mass is 79.9. The average molecular weight is 347 g/mol. The maximum Gasteiger partial charge on any atom is 0.408 e. The number of hydrogen-bond acceptors (Lipinski definition) is 4. The molecular formula is C11H9BrClN3O3. The first kappa shape index (κ1) is 13.8. The van der Waals surface area contributed by atoms with E-state index in [2.05, 4.69) is 21.0 Å². The Morgan fingerprint density at radius 1 is 1.42 bits per heavy atom. The Hall–Kier alpha value is -1.60. The van der Waals surface area contributed by atoms with Gasteiger partial charge in [-0.2, -0.15) is 4.68 Å². The van der Waals surface area contributed by atoms with Crippen molar-refractivity contribution >= 4 is 33.3 Å². The zero-order valence-electron chi connectivity index (χ0n) is 9.62. The summed E-state index contributed by atoms with van der Waals surface area (Å²) in [5, 5.41) is 14.3. The van der Waals surface area contributed by atoms with E-state index in [1.165, 1.54) is 10.9 Å². The van der Waals surface area contributed by atoms with Crippen LogP contribution < -0.4 is 4.74 Å². The minimum Gasteiger partial charge on any atom is -0.492 e. The molecule has 1 heterocycles. The molecule has 0 fully saturated rings. The lowest BCUT2D eigenvalue weighted by Crippen LogP contribution is -2.08. The molecule has 0 amide bonds. The van der Waals surface area contributed by atoms with Gasteiger partial charge in [-0.15, -0.1) is 0 Å². The third-order valence-corrected chi connectivity index (χ3v) is 3.07. The van der Waals surface area contributed by atoms with Crippen LogP contribution in [0.15, 0.2) is 34.9 Å². The standard InChI is InChI=1S/C11H9BrClN3O3/c12-8-1-3-9(4-2-8)19-6-5-15-7-10(13)11(14-15)16(17)18/h1-4,7H,5-6H2. The van der Waals surface area contributed by atoms with E-state index in [0.717, 1.165) is 10.2 Å². The lowest BCUT2D eigenvalue weighted by Gasteiger charge is -2.04.